The second kappa shape index (κ2) is 9.68. The lowest BCUT2D eigenvalue weighted by molar-refractivity contribution is -0.123. The Kier molecular flexibility index (Phi) is 6.54. The molecule has 32 heavy (non-hydrogen) atoms. The maximum atomic E-state index is 12.5. The number of aromatic nitrogens is 2. The van der Waals surface area contributed by atoms with Crippen LogP contribution in [0.15, 0.2) is 84.9 Å². The molecule has 1 aromatic heterocycles. The van der Waals surface area contributed by atoms with Crippen LogP contribution in [0.1, 0.15) is 12.1 Å². The van der Waals surface area contributed by atoms with Crippen LogP contribution in [0.3, 0.4) is 0 Å². The molecule has 1 heterocycles. The van der Waals surface area contributed by atoms with Crippen LogP contribution in [0.25, 0.3) is 16.9 Å². The first-order valence-corrected chi connectivity index (χ1v) is 10.5. The number of rotatable bonds is 7. The largest absolute Gasteiger partial charge is 0.497 e. The summed E-state index contributed by atoms with van der Waals surface area (Å²) >= 11 is 6.06. The van der Waals surface area contributed by atoms with E-state index in [-0.39, 0.29) is 6.42 Å². The Morgan fingerprint density at radius 2 is 1.72 bits per heavy atom. The van der Waals surface area contributed by atoms with Crippen LogP contribution in [-0.4, -0.2) is 28.0 Å². The minimum Gasteiger partial charge on any atom is -0.497 e. The molecule has 0 fully saturated rings. The summed E-state index contributed by atoms with van der Waals surface area (Å²) in [7, 11) is 1.62. The summed E-state index contributed by atoms with van der Waals surface area (Å²) in [4.78, 5) is 12.5. The summed E-state index contributed by atoms with van der Waals surface area (Å²) in [6.07, 6.45) is 0.498. The van der Waals surface area contributed by atoms with Gasteiger partial charge in [-0.2, -0.15) is 10.2 Å². The lowest BCUT2D eigenvalue weighted by Gasteiger charge is -2.14. The molecule has 4 rings (SSSR count). The summed E-state index contributed by atoms with van der Waals surface area (Å²) in [5, 5.41) is 16.3. The third kappa shape index (κ3) is 4.82. The molecule has 6 nitrogen and oxygen atoms in total. The van der Waals surface area contributed by atoms with E-state index >= 15 is 0 Å². The van der Waals surface area contributed by atoms with E-state index in [0.29, 0.717) is 22.2 Å². The van der Waals surface area contributed by atoms with E-state index in [9.17, 15) is 10.0 Å². The smallest absolute Gasteiger partial charge is 0.251 e. The molecule has 0 aliphatic rings. The molecule has 0 saturated carbocycles. The molecule has 0 atom stereocenters. The van der Waals surface area contributed by atoms with E-state index in [1.165, 1.54) is 0 Å². The fourth-order valence-corrected chi connectivity index (χ4v) is 3.48. The van der Waals surface area contributed by atoms with E-state index in [0.717, 1.165) is 28.4 Å². The number of hydroxylamine groups is 1. The zero-order chi connectivity index (χ0) is 22.5. The van der Waals surface area contributed by atoms with Crippen LogP contribution in [-0.2, 0) is 11.2 Å². The van der Waals surface area contributed by atoms with Crippen LogP contribution >= 0.6 is 11.6 Å². The van der Waals surface area contributed by atoms with E-state index in [2.05, 4.69) is 0 Å². The topological polar surface area (TPSA) is 67.6 Å². The van der Waals surface area contributed by atoms with Crippen molar-refractivity contribution in [2.24, 2.45) is 0 Å². The number of nitrogens with zero attached hydrogens (tertiary/aromatic N) is 3. The molecular weight excluding hydrogens is 426 g/mol. The summed E-state index contributed by atoms with van der Waals surface area (Å²) in [6, 6.07) is 25.8. The Labute approximate surface area is 191 Å². The molecule has 0 aliphatic carbocycles. The molecule has 1 amide bonds. The van der Waals surface area contributed by atoms with Crippen molar-refractivity contribution in [3.05, 3.63) is 95.6 Å². The van der Waals surface area contributed by atoms with E-state index in [1.54, 1.807) is 31.4 Å². The predicted molar refractivity (Wildman–Crippen MR) is 125 cm³/mol. The normalized spacial score (nSPS) is 10.7. The first-order valence-electron chi connectivity index (χ1n) is 10.1. The average molecular weight is 448 g/mol. The lowest BCUT2D eigenvalue weighted by atomic mass is 10.1. The number of carbonyl (C=O) groups excluding carboxylic acids is 1. The Morgan fingerprint density at radius 3 is 2.38 bits per heavy atom. The van der Waals surface area contributed by atoms with Crippen LogP contribution in [0, 0.1) is 0 Å². The molecule has 162 valence electrons. The lowest BCUT2D eigenvalue weighted by Crippen LogP contribution is -2.27. The van der Waals surface area contributed by atoms with Crippen molar-refractivity contribution in [3.63, 3.8) is 0 Å². The Balaban J connectivity index is 1.60. The summed E-state index contributed by atoms with van der Waals surface area (Å²) in [6.45, 7) is 0. The highest BCUT2D eigenvalue weighted by Gasteiger charge is 2.16. The highest BCUT2D eigenvalue weighted by molar-refractivity contribution is 6.30. The fourth-order valence-electron chi connectivity index (χ4n) is 3.35. The summed E-state index contributed by atoms with van der Waals surface area (Å²) < 4.78 is 7.08. The van der Waals surface area contributed by atoms with Crippen molar-refractivity contribution < 1.29 is 14.7 Å². The van der Waals surface area contributed by atoms with Gasteiger partial charge in [0.05, 0.1) is 29.9 Å². The minimum absolute atomic E-state index is 0.116. The van der Waals surface area contributed by atoms with E-state index in [1.807, 2.05) is 65.3 Å². The van der Waals surface area contributed by atoms with Crippen molar-refractivity contribution in [2.75, 3.05) is 12.2 Å². The van der Waals surface area contributed by atoms with Gasteiger partial charge in [0, 0.05) is 23.4 Å². The molecule has 4 aromatic rings. The second-order valence-electron chi connectivity index (χ2n) is 7.18. The monoisotopic (exact) mass is 447 g/mol. The number of hydrogen-bond acceptors (Lipinski definition) is 4. The van der Waals surface area contributed by atoms with Crippen molar-refractivity contribution >= 4 is 23.2 Å². The number of para-hydroxylation sites is 1. The number of benzene rings is 3. The third-order valence-electron chi connectivity index (χ3n) is 5.05. The number of anilines is 1. The van der Waals surface area contributed by atoms with Gasteiger partial charge >= 0.3 is 0 Å². The number of aryl methyl sites for hydroxylation is 1. The van der Waals surface area contributed by atoms with Gasteiger partial charge in [0.2, 0.25) is 0 Å². The minimum atomic E-state index is -0.400. The van der Waals surface area contributed by atoms with Gasteiger partial charge in [0.1, 0.15) is 5.75 Å². The van der Waals surface area contributed by atoms with Gasteiger partial charge in [-0.15, -0.1) is 0 Å². The summed E-state index contributed by atoms with van der Waals surface area (Å²) in [5.74, 6) is 0.354. The zero-order valence-corrected chi connectivity index (χ0v) is 18.2. The van der Waals surface area contributed by atoms with Gasteiger partial charge in [0.25, 0.3) is 5.91 Å². The molecule has 3 aromatic carbocycles. The van der Waals surface area contributed by atoms with Crippen LogP contribution in [0.4, 0.5) is 5.69 Å². The Hall–Kier alpha value is -3.61. The van der Waals surface area contributed by atoms with Crippen molar-refractivity contribution in [1.29, 1.82) is 0 Å². The highest BCUT2D eigenvalue weighted by Crippen LogP contribution is 2.27. The fraction of sp³-hybridized carbons (Fsp3) is 0.120. The van der Waals surface area contributed by atoms with Gasteiger partial charge in [-0.05, 0) is 54.6 Å². The maximum Gasteiger partial charge on any atom is 0.251 e. The zero-order valence-electron chi connectivity index (χ0n) is 17.5. The molecular formula is C25H22ClN3O3. The molecule has 7 heteroatoms. The molecule has 1 N–H and O–H groups in total. The highest BCUT2D eigenvalue weighted by atomic mass is 35.5. The van der Waals surface area contributed by atoms with Gasteiger partial charge in [-0.3, -0.25) is 10.0 Å². The number of ether oxygens (including phenoxy) is 1. The predicted octanol–water partition coefficient (Wildman–Crippen LogP) is 5.56. The third-order valence-corrected chi connectivity index (χ3v) is 5.30. The molecule has 0 bridgehead atoms. The summed E-state index contributed by atoms with van der Waals surface area (Å²) in [5.41, 5.74) is 3.85. The van der Waals surface area contributed by atoms with Crippen molar-refractivity contribution in [2.45, 2.75) is 12.8 Å². The number of amides is 1. The number of halogens is 1. The Bertz CT molecular complexity index is 1190. The molecule has 0 aliphatic heterocycles. The first kappa shape index (κ1) is 21.6. The van der Waals surface area contributed by atoms with Crippen LogP contribution < -0.4 is 9.80 Å². The van der Waals surface area contributed by atoms with E-state index in [4.69, 9.17) is 21.4 Å². The molecule has 0 radical (unpaired) electrons. The van der Waals surface area contributed by atoms with Crippen LogP contribution in [0.5, 0.6) is 5.75 Å². The van der Waals surface area contributed by atoms with Crippen LogP contribution in [0.2, 0.25) is 5.02 Å². The molecule has 0 unspecified atom stereocenters. The first-order chi connectivity index (χ1) is 15.5. The number of carbonyl (C=O) groups is 1. The van der Waals surface area contributed by atoms with Gasteiger partial charge in [0.15, 0.2) is 0 Å². The van der Waals surface area contributed by atoms with Crippen molar-refractivity contribution in [1.82, 2.24) is 9.78 Å². The van der Waals surface area contributed by atoms with Crippen molar-refractivity contribution in [3.8, 4) is 22.7 Å². The Morgan fingerprint density at radius 1 is 1.03 bits per heavy atom. The van der Waals surface area contributed by atoms with Gasteiger partial charge < -0.3 is 4.74 Å². The van der Waals surface area contributed by atoms with E-state index < -0.39 is 5.91 Å². The maximum absolute atomic E-state index is 12.5. The second-order valence-corrected chi connectivity index (χ2v) is 7.62. The standard InChI is InChI=1S/C25H22ClN3O3/c1-32-23-14-12-21(13-15-23)28-24(18-7-9-19(26)10-8-18)17-20(27-28)11-16-25(30)29(31)22-5-3-2-4-6-22/h2-10,12-15,17,31H,11,16H2,1H3. The average Bonchev–Trinajstić information content (AvgIpc) is 3.27. The number of methoxy groups -OCH3 is 1. The number of hydrogen-bond donors (Lipinski definition) is 1. The molecule has 0 spiro atoms. The van der Waals surface area contributed by atoms with Gasteiger partial charge in [-0.25, -0.2) is 4.68 Å². The SMILES string of the molecule is COc1ccc(-n2nc(CCC(=O)N(O)c3ccccc3)cc2-c2ccc(Cl)cc2)cc1. The van der Waals surface area contributed by atoms with Gasteiger partial charge in [-0.1, -0.05) is 41.9 Å². The molecule has 0 saturated heterocycles. The quantitative estimate of drug-likeness (QED) is 0.297.